The molecule has 2 aromatic rings. The quantitative estimate of drug-likeness (QED) is 0.600. The molecular weight excluding hydrogens is 282 g/mol. The molecule has 5 nitrogen and oxygen atoms in total. The van der Waals surface area contributed by atoms with Crippen molar-refractivity contribution in [2.24, 2.45) is 0 Å². The molecule has 0 spiro atoms. The van der Waals surface area contributed by atoms with E-state index in [0.29, 0.717) is 6.42 Å². The van der Waals surface area contributed by atoms with Crippen molar-refractivity contribution < 1.29 is 14.4 Å². The Labute approximate surface area is 129 Å². The summed E-state index contributed by atoms with van der Waals surface area (Å²) in [6, 6.07) is 12.2. The van der Waals surface area contributed by atoms with E-state index in [-0.39, 0.29) is 5.69 Å². The van der Waals surface area contributed by atoms with Gasteiger partial charge in [0.25, 0.3) is 5.69 Å². The zero-order valence-corrected chi connectivity index (χ0v) is 12.5. The summed E-state index contributed by atoms with van der Waals surface area (Å²) in [5.41, 5.74) is 2.07. The molecule has 0 atom stereocenters. The minimum absolute atomic E-state index is 0.0923. The summed E-state index contributed by atoms with van der Waals surface area (Å²) in [4.78, 5) is 10.2. The second-order valence-electron chi connectivity index (χ2n) is 4.68. The van der Waals surface area contributed by atoms with Crippen LogP contribution in [0.3, 0.4) is 0 Å². The van der Waals surface area contributed by atoms with E-state index in [0.717, 1.165) is 22.6 Å². The molecule has 2 rings (SSSR count). The van der Waals surface area contributed by atoms with E-state index in [1.54, 1.807) is 26.4 Å². The molecule has 0 aliphatic rings. The van der Waals surface area contributed by atoms with Gasteiger partial charge in [0.05, 0.1) is 19.1 Å². The van der Waals surface area contributed by atoms with Gasteiger partial charge in [0.15, 0.2) is 0 Å². The number of ether oxygens (including phenoxy) is 2. The van der Waals surface area contributed by atoms with Crippen molar-refractivity contribution in [2.45, 2.75) is 6.42 Å². The van der Waals surface area contributed by atoms with Gasteiger partial charge in [0.2, 0.25) is 0 Å². The van der Waals surface area contributed by atoms with Crippen LogP contribution in [-0.2, 0) is 6.42 Å². The number of rotatable bonds is 6. The Bertz CT molecular complexity index is 655. The minimum atomic E-state index is -0.407. The maximum Gasteiger partial charge on any atom is 0.269 e. The van der Waals surface area contributed by atoms with E-state index in [9.17, 15) is 10.1 Å². The van der Waals surface area contributed by atoms with Gasteiger partial charge in [-0.05, 0) is 41.8 Å². The topological polar surface area (TPSA) is 61.6 Å². The molecule has 0 saturated heterocycles. The predicted octanol–water partition coefficient (Wildman–Crippen LogP) is 3.87. The highest BCUT2D eigenvalue weighted by Crippen LogP contribution is 2.23. The van der Waals surface area contributed by atoms with Gasteiger partial charge < -0.3 is 9.47 Å². The Kier molecular flexibility index (Phi) is 5.14. The molecule has 0 bridgehead atoms. The molecule has 22 heavy (non-hydrogen) atoms. The lowest BCUT2D eigenvalue weighted by molar-refractivity contribution is -0.384. The number of nitro benzene ring substituents is 1. The van der Waals surface area contributed by atoms with Gasteiger partial charge in [-0.25, -0.2) is 0 Å². The third-order valence-electron chi connectivity index (χ3n) is 3.18. The third kappa shape index (κ3) is 4.09. The van der Waals surface area contributed by atoms with Crippen LogP contribution in [0.5, 0.6) is 11.5 Å². The highest BCUT2D eigenvalue weighted by Gasteiger charge is 2.03. The van der Waals surface area contributed by atoms with E-state index in [1.165, 1.54) is 12.1 Å². The highest BCUT2D eigenvalue weighted by molar-refractivity contribution is 5.52. The van der Waals surface area contributed by atoms with Gasteiger partial charge >= 0.3 is 0 Å². The first-order valence-electron chi connectivity index (χ1n) is 6.75. The van der Waals surface area contributed by atoms with Crippen LogP contribution in [-0.4, -0.2) is 19.1 Å². The molecule has 0 unspecified atom stereocenters. The molecule has 0 aliphatic heterocycles. The fourth-order valence-corrected chi connectivity index (χ4v) is 2.02. The lowest BCUT2D eigenvalue weighted by atomic mass is 10.1. The summed E-state index contributed by atoms with van der Waals surface area (Å²) in [7, 11) is 3.23. The van der Waals surface area contributed by atoms with Gasteiger partial charge in [-0.1, -0.05) is 12.2 Å². The smallest absolute Gasteiger partial charge is 0.269 e. The molecule has 5 heteroatoms. The summed E-state index contributed by atoms with van der Waals surface area (Å²) in [6.07, 6.45) is 4.63. The second-order valence-corrected chi connectivity index (χ2v) is 4.68. The Balaban J connectivity index is 2.07. The van der Waals surface area contributed by atoms with Crippen molar-refractivity contribution in [1.82, 2.24) is 0 Å². The normalized spacial score (nSPS) is 10.6. The molecule has 114 valence electrons. The summed E-state index contributed by atoms with van der Waals surface area (Å²) >= 11 is 0. The molecule has 2 aromatic carbocycles. The van der Waals surface area contributed by atoms with E-state index >= 15 is 0 Å². The maximum atomic E-state index is 10.6. The summed E-state index contributed by atoms with van der Waals surface area (Å²) in [5.74, 6) is 1.50. The Morgan fingerprint density at radius 2 is 1.64 bits per heavy atom. The minimum Gasteiger partial charge on any atom is -0.497 e. The first-order valence-corrected chi connectivity index (χ1v) is 6.75. The number of non-ortho nitro benzene ring substituents is 1. The number of nitro groups is 1. The van der Waals surface area contributed by atoms with E-state index < -0.39 is 4.92 Å². The largest absolute Gasteiger partial charge is 0.497 e. The lowest BCUT2D eigenvalue weighted by Gasteiger charge is -2.06. The molecule has 0 amide bonds. The molecule has 0 heterocycles. The number of benzene rings is 2. The van der Waals surface area contributed by atoms with Crippen molar-refractivity contribution in [2.75, 3.05) is 14.2 Å². The third-order valence-corrected chi connectivity index (χ3v) is 3.18. The molecule has 0 aliphatic carbocycles. The average molecular weight is 299 g/mol. The zero-order valence-electron chi connectivity index (χ0n) is 12.5. The Hall–Kier alpha value is -2.82. The Morgan fingerprint density at radius 1 is 1.05 bits per heavy atom. The molecule has 0 radical (unpaired) electrons. The van der Waals surface area contributed by atoms with Gasteiger partial charge in [-0.3, -0.25) is 10.1 Å². The van der Waals surface area contributed by atoms with Crippen molar-refractivity contribution >= 4 is 11.8 Å². The molecular formula is C17H17NO4. The number of methoxy groups -OCH3 is 2. The molecule has 0 N–H and O–H groups in total. The van der Waals surface area contributed by atoms with Gasteiger partial charge in [0.1, 0.15) is 11.5 Å². The Morgan fingerprint density at radius 3 is 2.14 bits per heavy atom. The van der Waals surface area contributed by atoms with Gasteiger partial charge in [-0.15, -0.1) is 0 Å². The SMILES string of the molecule is COc1cc(C/C=C/c2ccc([N+](=O)[O-])cc2)cc(OC)c1. The van der Waals surface area contributed by atoms with Gasteiger partial charge in [0, 0.05) is 18.2 Å². The van der Waals surface area contributed by atoms with E-state index in [4.69, 9.17) is 9.47 Å². The summed E-state index contributed by atoms with van der Waals surface area (Å²) in [6.45, 7) is 0. The van der Waals surface area contributed by atoms with Crippen molar-refractivity contribution in [1.29, 1.82) is 0 Å². The standard InChI is InChI=1S/C17H17NO4/c1-21-16-10-14(11-17(12-16)22-2)5-3-4-13-6-8-15(9-7-13)18(19)20/h3-4,6-12H,5H2,1-2H3/b4-3+. The van der Waals surface area contributed by atoms with Crippen LogP contribution in [0.1, 0.15) is 11.1 Å². The van der Waals surface area contributed by atoms with Crippen LogP contribution in [0.25, 0.3) is 6.08 Å². The summed E-state index contributed by atoms with van der Waals surface area (Å²) < 4.78 is 10.5. The molecule has 0 saturated carbocycles. The average Bonchev–Trinajstić information content (AvgIpc) is 2.55. The van der Waals surface area contributed by atoms with Crippen molar-refractivity contribution in [3.8, 4) is 11.5 Å². The maximum absolute atomic E-state index is 10.6. The number of hydrogen-bond acceptors (Lipinski definition) is 4. The van der Waals surface area contributed by atoms with Crippen LogP contribution in [0.2, 0.25) is 0 Å². The van der Waals surface area contributed by atoms with Crippen LogP contribution in [0, 0.1) is 10.1 Å². The fraction of sp³-hybridized carbons (Fsp3) is 0.176. The van der Waals surface area contributed by atoms with Crippen LogP contribution < -0.4 is 9.47 Å². The number of nitrogens with zero attached hydrogens (tertiary/aromatic N) is 1. The summed E-state index contributed by atoms with van der Waals surface area (Å²) in [5, 5.41) is 10.6. The predicted molar refractivity (Wildman–Crippen MR) is 85.4 cm³/mol. The second kappa shape index (κ2) is 7.26. The van der Waals surface area contributed by atoms with Crippen LogP contribution >= 0.6 is 0 Å². The molecule has 0 fully saturated rings. The fourth-order valence-electron chi connectivity index (χ4n) is 2.02. The van der Waals surface area contributed by atoms with Crippen molar-refractivity contribution in [3.05, 3.63) is 69.8 Å². The number of hydrogen-bond donors (Lipinski definition) is 0. The monoisotopic (exact) mass is 299 g/mol. The van der Waals surface area contributed by atoms with E-state index in [2.05, 4.69) is 0 Å². The van der Waals surface area contributed by atoms with E-state index in [1.807, 2.05) is 30.4 Å². The molecule has 0 aromatic heterocycles. The van der Waals surface area contributed by atoms with Gasteiger partial charge in [-0.2, -0.15) is 0 Å². The first kappa shape index (κ1) is 15.6. The lowest BCUT2D eigenvalue weighted by Crippen LogP contribution is -1.90. The van der Waals surface area contributed by atoms with Crippen LogP contribution in [0.4, 0.5) is 5.69 Å². The van der Waals surface area contributed by atoms with Crippen molar-refractivity contribution in [3.63, 3.8) is 0 Å². The highest BCUT2D eigenvalue weighted by atomic mass is 16.6. The first-order chi connectivity index (χ1) is 10.6. The van der Waals surface area contributed by atoms with Crippen LogP contribution in [0.15, 0.2) is 48.5 Å². The number of allylic oxidation sites excluding steroid dienone is 1. The zero-order chi connectivity index (χ0) is 15.9.